The van der Waals surface area contributed by atoms with E-state index in [1.54, 1.807) is 0 Å². The van der Waals surface area contributed by atoms with Gasteiger partial charge in [0.25, 0.3) is 0 Å². The number of β-amino-alcohol motifs (C(OH)–C–C–N with tert-alkyl or cyclic N) is 1. The summed E-state index contributed by atoms with van der Waals surface area (Å²) in [5.74, 6) is -1.16. The summed E-state index contributed by atoms with van der Waals surface area (Å²) in [6.45, 7) is 0.293. The number of aromatic carboxylic acids is 1. The largest absolute Gasteiger partial charge is 0.477 e. The van der Waals surface area contributed by atoms with Gasteiger partial charge < -0.3 is 10.2 Å². The molecule has 2 rings (SSSR count). The van der Waals surface area contributed by atoms with Crippen LogP contribution in [0.3, 0.4) is 0 Å². The number of thiophene rings is 1. The monoisotopic (exact) mass is 355 g/mol. The molecule has 9 heteroatoms. The first kappa shape index (κ1) is 13.9. The van der Waals surface area contributed by atoms with Crippen LogP contribution in [0.1, 0.15) is 16.1 Å². The average molecular weight is 356 g/mol. The van der Waals surface area contributed by atoms with Gasteiger partial charge in [0.2, 0.25) is 10.0 Å². The summed E-state index contributed by atoms with van der Waals surface area (Å²) in [6, 6.07) is 1.14. The van der Waals surface area contributed by atoms with E-state index in [1.165, 1.54) is 0 Å². The normalized spacial score (nSPS) is 21.3. The Bertz CT molecular complexity index is 582. The Morgan fingerprint density at radius 3 is 2.67 bits per heavy atom. The van der Waals surface area contributed by atoms with Crippen molar-refractivity contribution in [2.24, 2.45) is 0 Å². The first-order valence-corrected chi connectivity index (χ1v) is 8.08. The smallest absolute Gasteiger partial charge is 0.345 e. The molecule has 1 aromatic rings. The predicted octanol–water partition coefficient (Wildman–Crippen LogP) is 0.964. The molecule has 1 saturated heterocycles. The Morgan fingerprint density at radius 2 is 2.22 bits per heavy atom. The van der Waals surface area contributed by atoms with Gasteiger partial charge in [0.1, 0.15) is 9.77 Å². The van der Waals surface area contributed by atoms with E-state index in [4.69, 9.17) is 5.11 Å². The van der Waals surface area contributed by atoms with Crippen LogP contribution in [0.25, 0.3) is 0 Å². The summed E-state index contributed by atoms with van der Waals surface area (Å²) in [5, 5.41) is 18.2. The zero-order chi connectivity index (χ0) is 13.5. The maximum absolute atomic E-state index is 12.2. The number of nitrogens with zero attached hydrogens (tertiary/aromatic N) is 1. The molecule has 1 atom stereocenters. The second-order valence-electron chi connectivity index (χ2n) is 3.86. The lowest BCUT2D eigenvalue weighted by atomic mass is 10.3. The van der Waals surface area contributed by atoms with Crippen molar-refractivity contribution in [3.05, 3.63) is 14.7 Å². The van der Waals surface area contributed by atoms with E-state index >= 15 is 0 Å². The number of carboxylic acid groups (broad SMARTS) is 1. The van der Waals surface area contributed by atoms with Crippen LogP contribution in [0.2, 0.25) is 0 Å². The van der Waals surface area contributed by atoms with Crippen molar-refractivity contribution in [1.82, 2.24) is 4.31 Å². The fraction of sp³-hybridized carbons (Fsp3) is 0.444. The Morgan fingerprint density at radius 1 is 1.56 bits per heavy atom. The van der Waals surface area contributed by atoms with Crippen LogP contribution in [0.5, 0.6) is 0 Å². The first-order valence-electron chi connectivity index (χ1n) is 5.03. The number of hydrogen-bond donors (Lipinski definition) is 2. The lowest BCUT2D eigenvalue weighted by molar-refractivity contribution is 0.0702. The van der Waals surface area contributed by atoms with Gasteiger partial charge in [-0.05, 0) is 28.4 Å². The second-order valence-corrected chi connectivity index (χ2v) is 8.14. The summed E-state index contributed by atoms with van der Waals surface area (Å²) in [7, 11) is -3.74. The highest BCUT2D eigenvalue weighted by Gasteiger charge is 2.34. The molecule has 1 fully saturated rings. The standard InChI is InChI=1S/C9H10BrNO5S2/c10-8-7(3-6(17-8)9(13)14)18(15,16)11-2-1-5(12)4-11/h3,5,12H,1-2,4H2,(H,13,14). The quantitative estimate of drug-likeness (QED) is 0.841. The van der Waals surface area contributed by atoms with Crippen molar-refractivity contribution in [3.63, 3.8) is 0 Å². The molecule has 0 radical (unpaired) electrons. The number of carboxylic acids is 1. The van der Waals surface area contributed by atoms with Crippen molar-refractivity contribution < 1.29 is 23.4 Å². The van der Waals surface area contributed by atoms with Gasteiger partial charge in [0.15, 0.2) is 0 Å². The molecule has 0 aromatic carbocycles. The molecule has 1 aromatic heterocycles. The van der Waals surface area contributed by atoms with Crippen LogP contribution in [0.15, 0.2) is 14.7 Å². The van der Waals surface area contributed by atoms with E-state index in [-0.39, 0.29) is 26.6 Å². The molecule has 100 valence electrons. The number of aliphatic hydroxyl groups is 1. The number of sulfonamides is 1. The molecule has 2 N–H and O–H groups in total. The molecule has 2 heterocycles. The van der Waals surface area contributed by atoms with Crippen molar-refractivity contribution >= 4 is 43.3 Å². The molecule has 0 aliphatic carbocycles. The van der Waals surface area contributed by atoms with Gasteiger partial charge in [0.05, 0.1) is 9.89 Å². The minimum atomic E-state index is -3.74. The Kier molecular flexibility index (Phi) is 3.79. The molecule has 1 aliphatic rings. The van der Waals surface area contributed by atoms with Crippen LogP contribution in [0, 0.1) is 0 Å². The topological polar surface area (TPSA) is 94.9 Å². The van der Waals surface area contributed by atoms with E-state index in [2.05, 4.69) is 15.9 Å². The number of hydrogen-bond acceptors (Lipinski definition) is 5. The highest BCUT2D eigenvalue weighted by atomic mass is 79.9. The van der Waals surface area contributed by atoms with Crippen molar-refractivity contribution in [1.29, 1.82) is 0 Å². The molecule has 1 unspecified atom stereocenters. The molecule has 0 spiro atoms. The zero-order valence-electron chi connectivity index (χ0n) is 9.04. The molecule has 0 amide bonds. The van der Waals surface area contributed by atoms with Crippen LogP contribution < -0.4 is 0 Å². The summed E-state index contributed by atoms with van der Waals surface area (Å²) >= 11 is 3.93. The number of carbonyl (C=O) groups is 1. The Hall–Kier alpha value is -0.480. The lowest BCUT2D eigenvalue weighted by Gasteiger charge is -2.14. The third-order valence-electron chi connectivity index (χ3n) is 2.61. The van der Waals surface area contributed by atoms with Gasteiger partial charge in [-0.25, -0.2) is 13.2 Å². The van der Waals surface area contributed by atoms with Gasteiger partial charge >= 0.3 is 5.97 Å². The van der Waals surface area contributed by atoms with E-state index in [0.717, 1.165) is 21.7 Å². The van der Waals surface area contributed by atoms with Gasteiger partial charge in [-0.3, -0.25) is 0 Å². The molecule has 6 nitrogen and oxygen atoms in total. The third kappa shape index (κ3) is 2.45. The third-order valence-corrected chi connectivity index (χ3v) is 6.72. The SMILES string of the molecule is O=C(O)c1cc(S(=O)(=O)N2CCC(O)C2)c(Br)s1. The van der Waals surface area contributed by atoms with Gasteiger partial charge in [-0.15, -0.1) is 11.3 Å². The summed E-state index contributed by atoms with van der Waals surface area (Å²) < 4.78 is 25.9. The Balaban J connectivity index is 2.38. The fourth-order valence-corrected chi connectivity index (χ4v) is 5.55. The van der Waals surface area contributed by atoms with Gasteiger partial charge in [-0.1, -0.05) is 0 Å². The highest BCUT2D eigenvalue weighted by molar-refractivity contribution is 9.11. The summed E-state index contributed by atoms with van der Waals surface area (Å²) in [6.07, 6.45) is -0.261. The summed E-state index contributed by atoms with van der Waals surface area (Å²) in [4.78, 5) is 10.7. The van der Waals surface area contributed by atoms with Crippen molar-refractivity contribution in [3.8, 4) is 0 Å². The lowest BCUT2D eigenvalue weighted by Crippen LogP contribution is -2.29. The maximum Gasteiger partial charge on any atom is 0.345 e. The molecule has 0 saturated carbocycles. The van der Waals surface area contributed by atoms with Crippen LogP contribution in [0.4, 0.5) is 0 Å². The van der Waals surface area contributed by atoms with E-state index in [9.17, 15) is 18.3 Å². The number of rotatable bonds is 3. The predicted molar refractivity (Wildman–Crippen MR) is 68.4 cm³/mol. The maximum atomic E-state index is 12.2. The minimum absolute atomic E-state index is 0.0415. The molecular formula is C9H10BrNO5S2. The number of aliphatic hydroxyl groups excluding tert-OH is 1. The van der Waals surface area contributed by atoms with Gasteiger partial charge in [0, 0.05) is 13.1 Å². The average Bonchev–Trinajstić information content (AvgIpc) is 2.85. The minimum Gasteiger partial charge on any atom is -0.477 e. The highest BCUT2D eigenvalue weighted by Crippen LogP contribution is 2.34. The van der Waals surface area contributed by atoms with Crippen LogP contribution >= 0.6 is 27.3 Å². The van der Waals surface area contributed by atoms with E-state index in [1.807, 2.05) is 0 Å². The summed E-state index contributed by atoms with van der Waals surface area (Å²) in [5.41, 5.74) is 0. The second kappa shape index (κ2) is 4.89. The Labute approximate surface area is 116 Å². The van der Waals surface area contributed by atoms with E-state index < -0.39 is 22.1 Å². The van der Waals surface area contributed by atoms with Crippen molar-refractivity contribution in [2.75, 3.05) is 13.1 Å². The van der Waals surface area contributed by atoms with E-state index in [0.29, 0.717) is 6.42 Å². The molecule has 18 heavy (non-hydrogen) atoms. The fourth-order valence-electron chi connectivity index (χ4n) is 1.70. The van der Waals surface area contributed by atoms with Crippen LogP contribution in [-0.2, 0) is 10.0 Å². The molecule has 0 bridgehead atoms. The van der Waals surface area contributed by atoms with Crippen molar-refractivity contribution in [2.45, 2.75) is 17.4 Å². The first-order chi connectivity index (χ1) is 8.32. The zero-order valence-corrected chi connectivity index (χ0v) is 12.3. The van der Waals surface area contributed by atoms with Gasteiger partial charge in [-0.2, -0.15) is 4.31 Å². The van der Waals surface area contributed by atoms with Crippen LogP contribution in [-0.4, -0.2) is 48.1 Å². The molecule has 1 aliphatic heterocycles. The molecular weight excluding hydrogens is 346 g/mol. The number of halogens is 1.